The molecule has 0 radical (unpaired) electrons. The second-order valence-corrected chi connectivity index (χ2v) is 7.28. The first-order chi connectivity index (χ1) is 10.6. The molecule has 1 aromatic rings. The van der Waals surface area contributed by atoms with E-state index in [1.54, 1.807) is 13.2 Å². The molecule has 2 fully saturated rings. The first-order valence-corrected chi connectivity index (χ1v) is 7.85. The lowest BCUT2D eigenvalue weighted by molar-refractivity contribution is 0.105. The number of fused-ring (bicyclic) bond motifs is 1. The lowest BCUT2D eigenvalue weighted by atomic mass is 9.64. The van der Waals surface area contributed by atoms with Gasteiger partial charge in [-0.1, -0.05) is 12.1 Å². The lowest BCUT2D eigenvalue weighted by Crippen LogP contribution is -2.47. The largest absolute Gasteiger partial charge is 0.504 e. The number of rotatable bonds is 1. The van der Waals surface area contributed by atoms with Crippen molar-refractivity contribution in [1.82, 2.24) is 4.90 Å². The SMILES string of the molecule is COC1=CC=C2C3N(C)[C@@]34Cc3ccc(O)c5c3[C@@]2(C4)C1O5. The van der Waals surface area contributed by atoms with E-state index in [1.807, 2.05) is 0 Å². The molecule has 3 aliphatic carbocycles. The molecule has 4 nitrogen and oxygen atoms in total. The predicted octanol–water partition coefficient (Wildman–Crippen LogP) is 1.87. The average molecular weight is 295 g/mol. The van der Waals surface area contributed by atoms with Gasteiger partial charge in [-0.05, 0) is 43.2 Å². The third kappa shape index (κ3) is 0.885. The number of piperidine rings is 1. The molecular weight excluding hydrogens is 278 g/mol. The van der Waals surface area contributed by atoms with Gasteiger partial charge >= 0.3 is 0 Å². The van der Waals surface area contributed by atoms with Crippen LogP contribution in [-0.2, 0) is 16.6 Å². The van der Waals surface area contributed by atoms with E-state index >= 15 is 0 Å². The van der Waals surface area contributed by atoms with Crippen LogP contribution < -0.4 is 4.74 Å². The molecule has 0 amide bonds. The number of allylic oxidation sites excluding steroid dienone is 2. The average Bonchev–Trinajstić information content (AvgIpc) is 2.85. The summed E-state index contributed by atoms with van der Waals surface area (Å²) < 4.78 is 11.9. The number of likely N-dealkylation sites (N-methyl/N-ethyl adjacent to an activating group) is 1. The van der Waals surface area contributed by atoms with Gasteiger partial charge in [-0.3, -0.25) is 4.90 Å². The van der Waals surface area contributed by atoms with E-state index in [4.69, 9.17) is 9.47 Å². The molecule has 6 rings (SSSR count). The Morgan fingerprint density at radius 1 is 1.36 bits per heavy atom. The number of hydrogen-bond acceptors (Lipinski definition) is 4. The second-order valence-electron chi connectivity index (χ2n) is 7.28. The molecule has 5 atom stereocenters. The zero-order valence-corrected chi connectivity index (χ0v) is 12.6. The van der Waals surface area contributed by atoms with E-state index in [0.29, 0.717) is 11.8 Å². The number of benzene rings is 1. The fourth-order valence-electron chi connectivity index (χ4n) is 5.86. The Bertz CT molecular complexity index is 826. The minimum absolute atomic E-state index is 0.126. The zero-order valence-electron chi connectivity index (χ0n) is 12.6. The lowest BCUT2D eigenvalue weighted by Gasteiger charge is -2.41. The van der Waals surface area contributed by atoms with Crippen molar-refractivity contribution in [2.75, 3.05) is 14.2 Å². The summed E-state index contributed by atoms with van der Waals surface area (Å²) in [6.45, 7) is 0. The molecule has 1 saturated heterocycles. The molecule has 3 unspecified atom stereocenters. The summed E-state index contributed by atoms with van der Waals surface area (Å²) in [5, 5.41) is 10.3. The highest BCUT2D eigenvalue weighted by Gasteiger charge is 2.79. The van der Waals surface area contributed by atoms with Crippen molar-refractivity contribution in [3.05, 3.63) is 46.7 Å². The van der Waals surface area contributed by atoms with E-state index in [1.165, 1.54) is 16.7 Å². The maximum absolute atomic E-state index is 10.3. The van der Waals surface area contributed by atoms with Crippen LogP contribution in [0.1, 0.15) is 17.5 Å². The monoisotopic (exact) mass is 295 g/mol. The van der Waals surface area contributed by atoms with E-state index in [-0.39, 0.29) is 22.8 Å². The fourth-order valence-corrected chi connectivity index (χ4v) is 5.86. The van der Waals surface area contributed by atoms with E-state index in [9.17, 15) is 5.11 Å². The van der Waals surface area contributed by atoms with Crippen molar-refractivity contribution in [1.29, 1.82) is 0 Å². The van der Waals surface area contributed by atoms with Crippen LogP contribution in [0, 0.1) is 0 Å². The zero-order chi connectivity index (χ0) is 14.9. The number of phenolic OH excluding ortho intramolecular Hbond substituents is 1. The molecule has 2 bridgehead atoms. The standard InChI is InChI=1S/C18H17NO3/c1-19-15-10-4-6-12(21-2)16-18(10)8-17(15,19)7-9-3-5-11(20)14(22-16)13(9)18/h3-6,15-16,20H,7-8H2,1-2H3/t15?,16?,17-,18+,19?/m1/s1. The summed E-state index contributed by atoms with van der Waals surface area (Å²) in [4.78, 5) is 2.50. The van der Waals surface area contributed by atoms with Gasteiger partial charge in [-0.2, -0.15) is 0 Å². The molecule has 2 heterocycles. The molecule has 22 heavy (non-hydrogen) atoms. The number of aromatic hydroxyl groups is 1. The van der Waals surface area contributed by atoms with E-state index in [0.717, 1.165) is 18.6 Å². The molecule has 0 aromatic heterocycles. The smallest absolute Gasteiger partial charge is 0.169 e. The number of hydrogen-bond donors (Lipinski definition) is 1. The molecule has 2 spiro atoms. The van der Waals surface area contributed by atoms with Crippen LogP contribution in [0.3, 0.4) is 0 Å². The summed E-state index contributed by atoms with van der Waals surface area (Å²) >= 11 is 0. The minimum Gasteiger partial charge on any atom is -0.504 e. The third-order valence-corrected chi connectivity index (χ3v) is 6.70. The quantitative estimate of drug-likeness (QED) is 0.803. The Labute approximate surface area is 128 Å². The maximum atomic E-state index is 10.3. The molecule has 1 saturated carbocycles. The van der Waals surface area contributed by atoms with Crippen molar-refractivity contribution in [3.63, 3.8) is 0 Å². The number of ether oxygens (including phenoxy) is 2. The predicted molar refractivity (Wildman–Crippen MR) is 80.0 cm³/mol. The van der Waals surface area contributed by atoms with Crippen LogP contribution in [0.25, 0.3) is 0 Å². The summed E-state index contributed by atoms with van der Waals surface area (Å²) in [7, 11) is 3.93. The van der Waals surface area contributed by atoms with Crippen molar-refractivity contribution in [3.8, 4) is 11.5 Å². The molecule has 1 N–H and O–H groups in total. The maximum Gasteiger partial charge on any atom is 0.169 e. The third-order valence-electron chi connectivity index (χ3n) is 6.70. The first kappa shape index (κ1) is 11.6. The molecule has 112 valence electrons. The molecule has 5 aliphatic rings. The Balaban J connectivity index is 1.72. The summed E-state index contributed by atoms with van der Waals surface area (Å²) in [5.74, 6) is 1.80. The molecule has 2 aliphatic heterocycles. The summed E-state index contributed by atoms with van der Waals surface area (Å²) in [6.07, 6.45) is 6.28. The highest BCUT2D eigenvalue weighted by Crippen LogP contribution is 2.73. The fraction of sp³-hybridized carbons (Fsp3) is 0.444. The van der Waals surface area contributed by atoms with Crippen LogP contribution in [0.4, 0.5) is 0 Å². The summed E-state index contributed by atoms with van der Waals surface area (Å²) in [6, 6.07) is 4.37. The number of phenols is 1. The second kappa shape index (κ2) is 3.06. The van der Waals surface area contributed by atoms with Crippen LogP contribution in [-0.4, -0.2) is 41.8 Å². The molecule has 4 heteroatoms. The van der Waals surface area contributed by atoms with Gasteiger partial charge in [0.05, 0.1) is 18.6 Å². The molecular formula is C18H17NO3. The Morgan fingerprint density at radius 3 is 3.05 bits per heavy atom. The van der Waals surface area contributed by atoms with Crippen LogP contribution in [0.2, 0.25) is 0 Å². The van der Waals surface area contributed by atoms with Crippen LogP contribution in [0.5, 0.6) is 11.5 Å². The van der Waals surface area contributed by atoms with Crippen molar-refractivity contribution in [2.45, 2.75) is 35.9 Å². The van der Waals surface area contributed by atoms with Gasteiger partial charge < -0.3 is 14.6 Å². The highest BCUT2D eigenvalue weighted by molar-refractivity contribution is 5.71. The van der Waals surface area contributed by atoms with Crippen molar-refractivity contribution >= 4 is 0 Å². The Kier molecular flexibility index (Phi) is 1.61. The van der Waals surface area contributed by atoms with Crippen molar-refractivity contribution < 1.29 is 14.6 Å². The van der Waals surface area contributed by atoms with Gasteiger partial charge in [-0.25, -0.2) is 0 Å². The number of nitrogens with zero attached hydrogens (tertiary/aromatic N) is 1. The van der Waals surface area contributed by atoms with Gasteiger partial charge in [0.2, 0.25) is 0 Å². The van der Waals surface area contributed by atoms with Gasteiger partial charge in [-0.15, -0.1) is 0 Å². The minimum atomic E-state index is -0.127. The number of methoxy groups -OCH3 is 1. The van der Waals surface area contributed by atoms with Gasteiger partial charge in [0.15, 0.2) is 17.6 Å². The van der Waals surface area contributed by atoms with E-state index in [2.05, 4.69) is 30.2 Å². The van der Waals surface area contributed by atoms with Gasteiger partial charge in [0, 0.05) is 11.1 Å². The molecule has 1 aromatic carbocycles. The van der Waals surface area contributed by atoms with Crippen LogP contribution in [0.15, 0.2) is 35.6 Å². The normalized spacial score (nSPS) is 44.5. The first-order valence-electron chi connectivity index (χ1n) is 7.85. The van der Waals surface area contributed by atoms with Crippen LogP contribution >= 0.6 is 0 Å². The number of likely N-dealkylation sites (tertiary alicyclic amines) is 1. The Morgan fingerprint density at radius 2 is 2.23 bits per heavy atom. The Hall–Kier alpha value is -1.94. The topological polar surface area (TPSA) is 41.7 Å². The highest BCUT2D eigenvalue weighted by atomic mass is 16.5. The van der Waals surface area contributed by atoms with E-state index < -0.39 is 0 Å². The van der Waals surface area contributed by atoms with Gasteiger partial charge in [0.1, 0.15) is 5.76 Å². The van der Waals surface area contributed by atoms with Gasteiger partial charge in [0.25, 0.3) is 0 Å². The van der Waals surface area contributed by atoms with Crippen molar-refractivity contribution in [2.24, 2.45) is 0 Å². The summed E-state index contributed by atoms with van der Waals surface area (Å²) in [5.41, 5.74) is 4.12.